The molecule has 2 heterocycles. The molecule has 0 saturated heterocycles. The van der Waals surface area contributed by atoms with Crippen LogP contribution in [-0.4, -0.2) is 23.3 Å². The maximum atomic E-state index is 13.8. The second-order valence-electron chi connectivity index (χ2n) is 8.39. The van der Waals surface area contributed by atoms with E-state index in [1.54, 1.807) is 12.1 Å². The molecule has 3 aromatic rings. The Labute approximate surface area is 192 Å². The summed E-state index contributed by atoms with van der Waals surface area (Å²) in [6.45, 7) is 5.28. The summed E-state index contributed by atoms with van der Waals surface area (Å²) >= 11 is 6.09. The Bertz CT molecular complexity index is 1280. The average molecular weight is 443 g/mol. The molecule has 5 heteroatoms. The molecule has 0 aliphatic carbocycles. The molecular formula is C27H23ClN2O2. The van der Waals surface area contributed by atoms with E-state index in [0.717, 1.165) is 17.5 Å². The minimum Gasteiger partial charge on any atom is -0.362 e. The normalized spacial score (nSPS) is 16.1. The van der Waals surface area contributed by atoms with E-state index in [2.05, 4.69) is 12.1 Å². The first-order chi connectivity index (χ1) is 15.4. The Balaban J connectivity index is 1.62. The smallest absolute Gasteiger partial charge is 0.282 e. The van der Waals surface area contributed by atoms with Crippen LogP contribution in [0.1, 0.15) is 27.8 Å². The molecule has 160 valence electrons. The van der Waals surface area contributed by atoms with Crippen LogP contribution in [0.4, 0.5) is 5.69 Å². The Morgan fingerprint density at radius 1 is 0.812 bits per heavy atom. The second-order valence-corrected chi connectivity index (χ2v) is 8.82. The highest BCUT2D eigenvalue weighted by Crippen LogP contribution is 2.37. The molecule has 0 saturated carbocycles. The van der Waals surface area contributed by atoms with Crippen molar-refractivity contribution in [2.24, 2.45) is 0 Å². The van der Waals surface area contributed by atoms with Crippen molar-refractivity contribution in [1.82, 2.24) is 4.90 Å². The summed E-state index contributed by atoms with van der Waals surface area (Å²) in [5, 5.41) is 0.589. The fourth-order valence-corrected chi connectivity index (χ4v) is 4.60. The molecule has 0 atom stereocenters. The van der Waals surface area contributed by atoms with Crippen LogP contribution in [0.2, 0.25) is 5.02 Å². The lowest BCUT2D eigenvalue weighted by Gasteiger charge is -2.31. The zero-order valence-electron chi connectivity index (χ0n) is 18.1. The predicted octanol–water partition coefficient (Wildman–Crippen LogP) is 5.30. The summed E-state index contributed by atoms with van der Waals surface area (Å²) in [5.41, 5.74) is 6.83. The number of rotatable bonds is 3. The van der Waals surface area contributed by atoms with Crippen LogP contribution >= 0.6 is 11.6 Å². The molecule has 2 amide bonds. The first-order valence-corrected chi connectivity index (χ1v) is 11.1. The van der Waals surface area contributed by atoms with Crippen molar-refractivity contribution in [3.05, 3.63) is 105 Å². The molecule has 0 radical (unpaired) electrons. The number of hydrogen-bond acceptors (Lipinski definition) is 3. The second kappa shape index (κ2) is 7.95. The van der Waals surface area contributed by atoms with E-state index < -0.39 is 0 Å². The van der Waals surface area contributed by atoms with E-state index in [-0.39, 0.29) is 11.8 Å². The monoisotopic (exact) mass is 442 g/mol. The zero-order valence-corrected chi connectivity index (χ0v) is 18.8. The Kier molecular flexibility index (Phi) is 5.10. The number of imide groups is 1. The number of amides is 2. The van der Waals surface area contributed by atoms with Gasteiger partial charge in [0, 0.05) is 18.1 Å². The first kappa shape index (κ1) is 20.5. The number of halogens is 1. The highest BCUT2D eigenvalue weighted by Gasteiger charge is 2.43. The highest BCUT2D eigenvalue weighted by molar-refractivity contribution is 6.45. The number of hydrogen-bond donors (Lipinski definition) is 0. The minimum atomic E-state index is -0.297. The summed E-state index contributed by atoms with van der Waals surface area (Å²) in [6.07, 6.45) is 0.832. The van der Waals surface area contributed by atoms with Gasteiger partial charge in [-0.1, -0.05) is 54.1 Å². The lowest BCUT2D eigenvalue weighted by atomic mass is 9.98. The lowest BCUT2D eigenvalue weighted by Crippen LogP contribution is -2.37. The van der Waals surface area contributed by atoms with Crippen molar-refractivity contribution in [3.63, 3.8) is 0 Å². The summed E-state index contributed by atoms with van der Waals surface area (Å²) < 4.78 is 0. The SMILES string of the molecule is Cc1ccc(N2C(=O)C(c3ccc(Cl)cc3)=C(N3CCc4ccccc4C3)C2=O)cc1C. The summed E-state index contributed by atoms with van der Waals surface area (Å²) in [5.74, 6) is -0.572. The summed E-state index contributed by atoms with van der Waals surface area (Å²) in [7, 11) is 0. The van der Waals surface area contributed by atoms with Crippen molar-refractivity contribution >= 4 is 34.7 Å². The number of benzene rings is 3. The first-order valence-electron chi connectivity index (χ1n) is 10.7. The van der Waals surface area contributed by atoms with Crippen LogP contribution in [-0.2, 0) is 22.6 Å². The number of aryl methyl sites for hydroxylation is 2. The van der Waals surface area contributed by atoms with E-state index in [1.807, 2.05) is 61.2 Å². The van der Waals surface area contributed by atoms with Gasteiger partial charge in [-0.2, -0.15) is 0 Å². The Morgan fingerprint density at radius 3 is 2.25 bits per heavy atom. The number of carbonyl (C=O) groups is 2. The molecule has 0 spiro atoms. The zero-order chi connectivity index (χ0) is 22.4. The van der Waals surface area contributed by atoms with Gasteiger partial charge in [0.15, 0.2) is 0 Å². The molecule has 5 rings (SSSR count). The molecule has 0 bridgehead atoms. The van der Waals surface area contributed by atoms with Crippen molar-refractivity contribution in [2.45, 2.75) is 26.8 Å². The lowest BCUT2D eigenvalue weighted by molar-refractivity contribution is -0.120. The van der Waals surface area contributed by atoms with Crippen molar-refractivity contribution in [1.29, 1.82) is 0 Å². The van der Waals surface area contributed by atoms with Crippen molar-refractivity contribution < 1.29 is 9.59 Å². The number of anilines is 1. The number of fused-ring (bicyclic) bond motifs is 1. The molecule has 0 N–H and O–H groups in total. The molecule has 0 unspecified atom stereocenters. The van der Waals surface area contributed by atoms with E-state index in [4.69, 9.17) is 11.6 Å². The van der Waals surface area contributed by atoms with E-state index in [1.165, 1.54) is 16.0 Å². The fraction of sp³-hybridized carbons (Fsp3) is 0.185. The van der Waals surface area contributed by atoms with Crippen LogP contribution < -0.4 is 4.90 Å². The molecule has 4 nitrogen and oxygen atoms in total. The minimum absolute atomic E-state index is 0.275. The molecule has 2 aliphatic rings. The average Bonchev–Trinajstić information content (AvgIpc) is 3.06. The van der Waals surface area contributed by atoms with Gasteiger partial charge >= 0.3 is 0 Å². The van der Waals surface area contributed by atoms with Gasteiger partial charge in [0.2, 0.25) is 0 Å². The van der Waals surface area contributed by atoms with Gasteiger partial charge in [0.05, 0.1) is 11.3 Å². The van der Waals surface area contributed by atoms with Crippen LogP contribution in [0, 0.1) is 13.8 Å². The van der Waals surface area contributed by atoms with E-state index in [9.17, 15) is 9.59 Å². The third-order valence-corrected chi connectivity index (χ3v) is 6.64. The summed E-state index contributed by atoms with van der Waals surface area (Å²) in [6, 6.07) is 21.1. The van der Waals surface area contributed by atoms with Gasteiger partial charge in [0.1, 0.15) is 5.70 Å². The van der Waals surface area contributed by atoms with Gasteiger partial charge in [0.25, 0.3) is 11.8 Å². The highest BCUT2D eigenvalue weighted by atomic mass is 35.5. The predicted molar refractivity (Wildman–Crippen MR) is 127 cm³/mol. The van der Waals surface area contributed by atoms with Crippen LogP contribution in [0.25, 0.3) is 5.57 Å². The topological polar surface area (TPSA) is 40.6 Å². The maximum Gasteiger partial charge on any atom is 0.282 e. The molecule has 0 fully saturated rings. The third kappa shape index (κ3) is 3.41. The Morgan fingerprint density at radius 2 is 1.53 bits per heavy atom. The van der Waals surface area contributed by atoms with Gasteiger partial charge in [-0.25, -0.2) is 4.90 Å². The van der Waals surface area contributed by atoms with Crippen LogP contribution in [0.5, 0.6) is 0 Å². The van der Waals surface area contributed by atoms with Crippen molar-refractivity contribution in [3.8, 4) is 0 Å². The fourth-order valence-electron chi connectivity index (χ4n) is 4.47. The largest absolute Gasteiger partial charge is 0.362 e. The number of nitrogens with zero attached hydrogens (tertiary/aromatic N) is 2. The molecule has 32 heavy (non-hydrogen) atoms. The van der Waals surface area contributed by atoms with Gasteiger partial charge in [-0.05, 0) is 72.4 Å². The van der Waals surface area contributed by atoms with Gasteiger partial charge in [-0.3, -0.25) is 9.59 Å². The quantitative estimate of drug-likeness (QED) is 0.517. The molecule has 2 aliphatic heterocycles. The standard InChI is InChI=1S/C27H23ClN2O2/c1-17-7-12-23(15-18(17)2)30-26(31)24(20-8-10-22(28)11-9-20)25(27(30)32)29-14-13-19-5-3-4-6-21(19)16-29/h3-12,15H,13-14,16H2,1-2H3. The third-order valence-electron chi connectivity index (χ3n) is 6.39. The van der Waals surface area contributed by atoms with E-state index in [0.29, 0.717) is 40.6 Å². The summed E-state index contributed by atoms with van der Waals surface area (Å²) in [4.78, 5) is 30.8. The number of carbonyl (C=O) groups excluding carboxylic acids is 2. The molecular weight excluding hydrogens is 420 g/mol. The maximum absolute atomic E-state index is 13.8. The Hall–Kier alpha value is -3.37. The van der Waals surface area contributed by atoms with Crippen LogP contribution in [0.15, 0.2) is 72.4 Å². The molecule has 3 aromatic carbocycles. The van der Waals surface area contributed by atoms with Crippen molar-refractivity contribution in [2.75, 3.05) is 11.4 Å². The van der Waals surface area contributed by atoms with Crippen LogP contribution in [0.3, 0.4) is 0 Å². The molecule has 0 aromatic heterocycles. The van der Waals surface area contributed by atoms with E-state index >= 15 is 0 Å². The van der Waals surface area contributed by atoms with Gasteiger partial charge < -0.3 is 4.90 Å². The van der Waals surface area contributed by atoms with Gasteiger partial charge in [-0.15, -0.1) is 0 Å².